The van der Waals surface area contributed by atoms with Crippen LogP contribution in [0.2, 0.25) is 0 Å². The molecule has 0 aliphatic rings. The molecule has 0 bridgehead atoms. The summed E-state index contributed by atoms with van der Waals surface area (Å²) in [6.45, 7) is 0. The van der Waals surface area contributed by atoms with Crippen LogP contribution in [0.15, 0.2) is 84.3 Å². The maximum Gasteiger partial charge on any atom is 0.257 e. The molecule has 6 nitrogen and oxygen atoms in total. The van der Waals surface area contributed by atoms with E-state index >= 15 is 0 Å². The second kappa shape index (κ2) is 8.79. The zero-order chi connectivity index (χ0) is 20.9. The fraction of sp³-hybridized carbons (Fsp3) is 0.0455. The second-order valence-electron chi connectivity index (χ2n) is 6.38. The smallest absolute Gasteiger partial charge is 0.257 e. The normalized spacial score (nSPS) is 10.7. The Bertz CT molecular complexity index is 1210. The molecule has 0 atom stereocenters. The lowest BCUT2D eigenvalue weighted by molar-refractivity contribution is -0.113. The van der Waals surface area contributed by atoms with E-state index in [1.54, 1.807) is 30.5 Å². The molecule has 0 aliphatic carbocycles. The highest BCUT2D eigenvalue weighted by molar-refractivity contribution is 7.99. The number of fused-ring (bicyclic) bond motifs is 1. The van der Waals surface area contributed by atoms with Gasteiger partial charge in [-0.05, 0) is 48.5 Å². The summed E-state index contributed by atoms with van der Waals surface area (Å²) in [6, 6.07) is 17.9. The van der Waals surface area contributed by atoms with Gasteiger partial charge in [-0.2, -0.15) is 0 Å². The monoisotopic (exact) mass is 420 g/mol. The van der Waals surface area contributed by atoms with Gasteiger partial charge in [0.2, 0.25) is 5.91 Å². The highest BCUT2D eigenvalue weighted by atomic mass is 32.2. The van der Waals surface area contributed by atoms with E-state index in [0.29, 0.717) is 22.1 Å². The highest BCUT2D eigenvalue weighted by Crippen LogP contribution is 2.21. The third-order valence-corrected chi connectivity index (χ3v) is 5.25. The fourth-order valence-electron chi connectivity index (χ4n) is 2.86. The predicted octanol–water partition coefficient (Wildman–Crippen LogP) is 4.46. The van der Waals surface area contributed by atoms with Crippen molar-refractivity contribution in [1.82, 2.24) is 9.38 Å². The Morgan fingerprint density at radius 3 is 2.57 bits per heavy atom. The number of thioether (sulfide) groups is 1. The molecule has 8 heteroatoms. The highest BCUT2D eigenvalue weighted by Gasteiger charge is 2.14. The molecule has 0 aliphatic heterocycles. The summed E-state index contributed by atoms with van der Waals surface area (Å²) in [5.74, 6) is -0.899. The average molecular weight is 420 g/mol. The average Bonchev–Trinajstić information content (AvgIpc) is 3.17. The molecule has 2 N–H and O–H groups in total. The number of amides is 2. The van der Waals surface area contributed by atoms with Crippen LogP contribution in [0.25, 0.3) is 5.52 Å². The van der Waals surface area contributed by atoms with Crippen molar-refractivity contribution in [1.29, 1.82) is 0 Å². The van der Waals surface area contributed by atoms with E-state index in [1.807, 2.05) is 28.8 Å². The number of pyridine rings is 1. The second-order valence-corrected chi connectivity index (χ2v) is 7.32. The molecule has 2 amide bonds. The molecule has 0 saturated carbocycles. The number of hydrogen-bond donors (Lipinski definition) is 2. The Morgan fingerprint density at radius 1 is 0.967 bits per heavy atom. The molecule has 150 valence electrons. The molecule has 0 fully saturated rings. The summed E-state index contributed by atoms with van der Waals surface area (Å²) in [4.78, 5) is 29.4. The van der Waals surface area contributed by atoms with Crippen LogP contribution in [-0.4, -0.2) is 27.0 Å². The van der Waals surface area contributed by atoms with Crippen molar-refractivity contribution in [2.45, 2.75) is 5.16 Å². The van der Waals surface area contributed by atoms with Gasteiger partial charge in [0.25, 0.3) is 5.91 Å². The van der Waals surface area contributed by atoms with Crippen LogP contribution >= 0.6 is 11.8 Å². The summed E-state index contributed by atoms with van der Waals surface area (Å²) in [5.41, 5.74) is 2.12. The lowest BCUT2D eigenvalue weighted by Crippen LogP contribution is -2.19. The van der Waals surface area contributed by atoms with Crippen LogP contribution in [0.1, 0.15) is 10.4 Å². The third kappa shape index (κ3) is 4.49. The number of aromatic nitrogens is 2. The number of nitrogens with zero attached hydrogens (tertiary/aromatic N) is 2. The van der Waals surface area contributed by atoms with Crippen LogP contribution in [0, 0.1) is 5.82 Å². The van der Waals surface area contributed by atoms with Crippen molar-refractivity contribution < 1.29 is 14.0 Å². The number of benzene rings is 2. The summed E-state index contributed by atoms with van der Waals surface area (Å²) >= 11 is 1.31. The molecule has 4 aromatic rings. The van der Waals surface area contributed by atoms with E-state index in [9.17, 15) is 14.0 Å². The third-order valence-electron chi connectivity index (χ3n) is 4.28. The Hall–Kier alpha value is -3.65. The van der Waals surface area contributed by atoms with Gasteiger partial charge in [-0.1, -0.05) is 30.0 Å². The Balaban J connectivity index is 1.42. The number of halogens is 1. The van der Waals surface area contributed by atoms with Crippen molar-refractivity contribution in [2.75, 3.05) is 16.4 Å². The molecule has 2 aromatic carbocycles. The maximum absolute atomic E-state index is 13.0. The summed E-state index contributed by atoms with van der Waals surface area (Å²) in [6.07, 6.45) is 3.63. The predicted molar refractivity (Wildman–Crippen MR) is 115 cm³/mol. The number of rotatable bonds is 6. The first-order chi connectivity index (χ1) is 14.6. The van der Waals surface area contributed by atoms with E-state index in [4.69, 9.17) is 0 Å². The van der Waals surface area contributed by atoms with E-state index in [0.717, 1.165) is 5.52 Å². The van der Waals surface area contributed by atoms with Crippen molar-refractivity contribution >= 4 is 40.5 Å². The van der Waals surface area contributed by atoms with Gasteiger partial charge in [0, 0.05) is 11.9 Å². The summed E-state index contributed by atoms with van der Waals surface area (Å²) in [7, 11) is 0. The lowest BCUT2D eigenvalue weighted by Gasteiger charge is -2.11. The van der Waals surface area contributed by atoms with Crippen LogP contribution < -0.4 is 10.6 Å². The van der Waals surface area contributed by atoms with E-state index in [-0.39, 0.29) is 17.5 Å². The van der Waals surface area contributed by atoms with E-state index in [2.05, 4.69) is 15.6 Å². The molecule has 0 radical (unpaired) electrons. The van der Waals surface area contributed by atoms with Crippen LogP contribution in [0.4, 0.5) is 15.8 Å². The fourth-order valence-corrected chi connectivity index (χ4v) is 3.63. The zero-order valence-corrected chi connectivity index (χ0v) is 16.5. The van der Waals surface area contributed by atoms with Crippen molar-refractivity contribution in [3.63, 3.8) is 0 Å². The molecule has 0 unspecified atom stereocenters. The van der Waals surface area contributed by atoms with Gasteiger partial charge >= 0.3 is 0 Å². The minimum Gasteiger partial charge on any atom is -0.325 e. The molecule has 30 heavy (non-hydrogen) atoms. The molecule has 0 saturated heterocycles. The quantitative estimate of drug-likeness (QED) is 0.452. The first kappa shape index (κ1) is 19.7. The van der Waals surface area contributed by atoms with Crippen LogP contribution in [0.5, 0.6) is 0 Å². The van der Waals surface area contributed by atoms with Crippen LogP contribution in [0.3, 0.4) is 0 Å². The molecule has 2 heterocycles. The number of nitrogens with one attached hydrogen (secondary N) is 2. The topological polar surface area (TPSA) is 75.5 Å². The van der Waals surface area contributed by atoms with Gasteiger partial charge in [-0.15, -0.1) is 0 Å². The van der Waals surface area contributed by atoms with Gasteiger partial charge in [-0.3, -0.25) is 14.0 Å². The standard InChI is InChI=1S/C22H17FN4O2S/c23-15-8-10-16(11-9-15)25-21(29)18-6-1-2-7-19(18)26-20(28)14-30-22-24-13-17-5-3-4-12-27(17)22/h1-13H,14H2,(H,25,29)(H,26,28). The number of para-hydroxylation sites is 1. The van der Waals surface area contributed by atoms with Gasteiger partial charge in [-0.25, -0.2) is 9.37 Å². The minimum absolute atomic E-state index is 0.141. The first-order valence-electron chi connectivity index (χ1n) is 9.11. The van der Waals surface area contributed by atoms with Crippen molar-refractivity contribution in [3.8, 4) is 0 Å². The number of imidazole rings is 1. The van der Waals surface area contributed by atoms with Gasteiger partial charge in [0.15, 0.2) is 5.16 Å². The maximum atomic E-state index is 13.0. The molecular formula is C22H17FN4O2S. The Labute approximate surface area is 176 Å². The van der Waals surface area contributed by atoms with Gasteiger partial charge < -0.3 is 10.6 Å². The number of carbonyl (C=O) groups is 2. The zero-order valence-electron chi connectivity index (χ0n) is 15.7. The molecule has 2 aromatic heterocycles. The molecule has 4 rings (SSSR count). The summed E-state index contributed by atoms with van der Waals surface area (Å²) in [5, 5.41) is 6.19. The molecule has 0 spiro atoms. The van der Waals surface area contributed by atoms with E-state index in [1.165, 1.54) is 36.0 Å². The summed E-state index contributed by atoms with van der Waals surface area (Å²) < 4.78 is 15.0. The number of anilines is 2. The largest absolute Gasteiger partial charge is 0.325 e. The molecular weight excluding hydrogens is 403 g/mol. The van der Waals surface area contributed by atoms with E-state index < -0.39 is 5.91 Å². The SMILES string of the molecule is O=C(CSc1ncc2ccccn12)Nc1ccccc1C(=O)Nc1ccc(F)cc1. The number of carbonyl (C=O) groups excluding carboxylic acids is 2. The van der Waals surface area contributed by atoms with Gasteiger partial charge in [0.1, 0.15) is 5.82 Å². The van der Waals surface area contributed by atoms with Crippen molar-refractivity contribution in [2.24, 2.45) is 0 Å². The first-order valence-corrected chi connectivity index (χ1v) is 10.1. The number of hydrogen-bond acceptors (Lipinski definition) is 4. The van der Waals surface area contributed by atoms with Gasteiger partial charge in [0.05, 0.1) is 28.7 Å². The van der Waals surface area contributed by atoms with Crippen LogP contribution in [-0.2, 0) is 4.79 Å². The van der Waals surface area contributed by atoms with Crippen molar-refractivity contribution in [3.05, 3.63) is 90.5 Å². The Kier molecular flexibility index (Phi) is 5.76. The lowest BCUT2D eigenvalue weighted by atomic mass is 10.1. The Morgan fingerprint density at radius 2 is 1.73 bits per heavy atom. The minimum atomic E-state index is -0.399.